The molecule has 0 N–H and O–H groups in total. The Labute approximate surface area is 184 Å². The van der Waals surface area contributed by atoms with Crippen molar-refractivity contribution in [3.8, 4) is 17.3 Å². The molecule has 1 saturated heterocycles. The highest BCUT2D eigenvalue weighted by Gasteiger charge is 2.22. The van der Waals surface area contributed by atoms with Gasteiger partial charge in [-0.15, -0.1) is 0 Å². The van der Waals surface area contributed by atoms with Gasteiger partial charge in [0.25, 0.3) is 0 Å². The van der Waals surface area contributed by atoms with E-state index in [1.54, 1.807) is 7.11 Å². The molecule has 31 heavy (non-hydrogen) atoms. The van der Waals surface area contributed by atoms with Crippen LogP contribution in [0.5, 0.6) is 11.6 Å². The fourth-order valence-corrected chi connectivity index (χ4v) is 4.59. The van der Waals surface area contributed by atoms with E-state index >= 15 is 0 Å². The second kappa shape index (κ2) is 8.64. The Kier molecular flexibility index (Phi) is 5.57. The molecule has 0 spiro atoms. The molecule has 3 aromatic heterocycles. The SMILES string of the molecule is COc1ccccc1-n1ccc2nc(Cc3cc(C)ns3)nc(OC3CCOCC3)c21. The molecule has 0 atom stereocenters. The topological polar surface area (TPSA) is 71.3 Å². The van der Waals surface area contributed by atoms with E-state index in [-0.39, 0.29) is 6.10 Å². The predicted octanol–water partition coefficient (Wildman–Crippen LogP) is 4.34. The summed E-state index contributed by atoms with van der Waals surface area (Å²) in [6, 6.07) is 12.0. The summed E-state index contributed by atoms with van der Waals surface area (Å²) in [7, 11) is 1.68. The summed E-state index contributed by atoms with van der Waals surface area (Å²) in [5.74, 6) is 2.11. The van der Waals surface area contributed by atoms with Crippen molar-refractivity contribution in [1.82, 2.24) is 18.9 Å². The molecule has 5 rings (SSSR count). The highest BCUT2D eigenvalue weighted by atomic mass is 32.1. The first kappa shape index (κ1) is 20.0. The quantitative estimate of drug-likeness (QED) is 0.448. The molecule has 1 aliphatic rings. The molecule has 1 aromatic carbocycles. The standard InChI is InChI=1S/C23H24N4O3S/c1-15-13-17(31-26-15)14-21-24-18-7-10-27(19-5-3-4-6-20(19)28-2)22(18)23(25-21)30-16-8-11-29-12-9-16/h3-7,10,13,16H,8-9,11-12,14H2,1-2H3. The lowest BCUT2D eigenvalue weighted by Gasteiger charge is -2.23. The van der Waals surface area contributed by atoms with Crippen molar-refractivity contribution in [3.05, 3.63) is 59.0 Å². The number of rotatable bonds is 6. The summed E-state index contributed by atoms with van der Waals surface area (Å²) < 4.78 is 23.9. The van der Waals surface area contributed by atoms with E-state index in [1.807, 2.05) is 48.0 Å². The van der Waals surface area contributed by atoms with E-state index in [2.05, 4.69) is 10.4 Å². The molecule has 160 valence electrons. The van der Waals surface area contributed by atoms with Crippen molar-refractivity contribution in [2.24, 2.45) is 0 Å². The number of nitrogens with zero attached hydrogens (tertiary/aromatic N) is 4. The molecule has 7 nitrogen and oxygen atoms in total. The van der Waals surface area contributed by atoms with Crippen LogP contribution in [0.2, 0.25) is 0 Å². The van der Waals surface area contributed by atoms with Crippen LogP contribution >= 0.6 is 11.5 Å². The Bertz CT molecular complexity index is 1200. The first-order valence-corrected chi connectivity index (χ1v) is 11.2. The number of hydrogen-bond acceptors (Lipinski definition) is 7. The average molecular weight is 437 g/mol. The lowest BCUT2D eigenvalue weighted by atomic mass is 10.1. The van der Waals surface area contributed by atoms with Gasteiger partial charge in [-0.05, 0) is 42.7 Å². The van der Waals surface area contributed by atoms with E-state index in [0.717, 1.165) is 51.7 Å². The van der Waals surface area contributed by atoms with Crippen molar-refractivity contribution < 1.29 is 14.2 Å². The minimum absolute atomic E-state index is 0.0753. The Morgan fingerprint density at radius 2 is 2.00 bits per heavy atom. The molecule has 0 amide bonds. The van der Waals surface area contributed by atoms with Crippen LogP contribution in [0.4, 0.5) is 0 Å². The van der Waals surface area contributed by atoms with Gasteiger partial charge in [-0.25, -0.2) is 4.98 Å². The minimum Gasteiger partial charge on any atom is -0.495 e. The number of methoxy groups -OCH3 is 1. The van der Waals surface area contributed by atoms with Gasteiger partial charge in [-0.3, -0.25) is 0 Å². The summed E-state index contributed by atoms with van der Waals surface area (Å²) in [5.41, 5.74) is 3.63. The maximum atomic E-state index is 6.44. The van der Waals surface area contributed by atoms with Crippen LogP contribution in [0.3, 0.4) is 0 Å². The summed E-state index contributed by atoms with van der Waals surface area (Å²) in [6.45, 7) is 3.41. The third kappa shape index (κ3) is 4.13. The van der Waals surface area contributed by atoms with Gasteiger partial charge in [0, 0.05) is 30.3 Å². The van der Waals surface area contributed by atoms with Crippen LogP contribution in [-0.2, 0) is 11.2 Å². The second-order valence-electron chi connectivity index (χ2n) is 7.58. The number of hydrogen-bond donors (Lipinski definition) is 0. The fraction of sp³-hybridized carbons (Fsp3) is 0.348. The van der Waals surface area contributed by atoms with Crippen molar-refractivity contribution >= 4 is 22.6 Å². The van der Waals surface area contributed by atoms with Gasteiger partial charge < -0.3 is 18.8 Å². The van der Waals surface area contributed by atoms with Crippen molar-refractivity contribution in [3.63, 3.8) is 0 Å². The summed E-state index contributed by atoms with van der Waals surface area (Å²) >= 11 is 1.49. The number of benzene rings is 1. The third-order valence-electron chi connectivity index (χ3n) is 5.35. The maximum absolute atomic E-state index is 6.44. The molecule has 1 fully saturated rings. The molecule has 0 bridgehead atoms. The zero-order chi connectivity index (χ0) is 21.2. The normalized spacial score (nSPS) is 14.8. The predicted molar refractivity (Wildman–Crippen MR) is 120 cm³/mol. The number of ether oxygens (including phenoxy) is 3. The van der Waals surface area contributed by atoms with Gasteiger partial charge in [-0.2, -0.15) is 9.36 Å². The molecule has 4 heterocycles. The van der Waals surface area contributed by atoms with Gasteiger partial charge in [0.05, 0.1) is 37.2 Å². The van der Waals surface area contributed by atoms with Crippen molar-refractivity contribution in [1.29, 1.82) is 0 Å². The van der Waals surface area contributed by atoms with E-state index in [9.17, 15) is 0 Å². The largest absolute Gasteiger partial charge is 0.495 e. The van der Waals surface area contributed by atoms with Gasteiger partial charge in [0.2, 0.25) is 5.88 Å². The molecule has 0 unspecified atom stereocenters. The Morgan fingerprint density at radius 1 is 1.16 bits per heavy atom. The molecular formula is C23H24N4O3S. The van der Waals surface area contributed by atoms with Crippen molar-refractivity contribution in [2.45, 2.75) is 32.3 Å². The lowest BCUT2D eigenvalue weighted by molar-refractivity contribution is 0.0242. The summed E-state index contributed by atoms with van der Waals surface area (Å²) in [4.78, 5) is 10.8. The Balaban J connectivity index is 1.61. The lowest BCUT2D eigenvalue weighted by Crippen LogP contribution is -2.26. The van der Waals surface area contributed by atoms with Gasteiger partial charge >= 0.3 is 0 Å². The molecule has 0 aliphatic carbocycles. The van der Waals surface area contributed by atoms with Crippen LogP contribution in [-0.4, -0.2) is 45.3 Å². The summed E-state index contributed by atoms with van der Waals surface area (Å²) in [6.07, 6.45) is 4.40. The van der Waals surface area contributed by atoms with Crippen LogP contribution in [0.15, 0.2) is 42.6 Å². The zero-order valence-corrected chi connectivity index (χ0v) is 18.4. The molecule has 4 aromatic rings. The van der Waals surface area contributed by atoms with Crippen LogP contribution in [0.1, 0.15) is 29.2 Å². The van der Waals surface area contributed by atoms with Gasteiger partial charge in [0.15, 0.2) is 0 Å². The second-order valence-corrected chi connectivity index (χ2v) is 8.47. The number of fused-ring (bicyclic) bond motifs is 1. The Hall–Kier alpha value is -2.97. The van der Waals surface area contributed by atoms with Crippen LogP contribution in [0.25, 0.3) is 16.7 Å². The smallest absolute Gasteiger partial charge is 0.242 e. The third-order valence-corrected chi connectivity index (χ3v) is 6.22. The minimum atomic E-state index is 0.0753. The number of para-hydroxylation sites is 2. The van der Waals surface area contributed by atoms with Gasteiger partial charge in [-0.1, -0.05) is 12.1 Å². The van der Waals surface area contributed by atoms with E-state index in [0.29, 0.717) is 25.5 Å². The zero-order valence-electron chi connectivity index (χ0n) is 17.6. The van der Waals surface area contributed by atoms with E-state index in [1.165, 1.54) is 11.5 Å². The van der Waals surface area contributed by atoms with Crippen LogP contribution in [0, 0.1) is 6.92 Å². The molecule has 1 aliphatic heterocycles. The summed E-state index contributed by atoms with van der Waals surface area (Å²) in [5, 5.41) is 0. The molecule has 8 heteroatoms. The Morgan fingerprint density at radius 3 is 2.77 bits per heavy atom. The first-order chi connectivity index (χ1) is 15.2. The fourth-order valence-electron chi connectivity index (χ4n) is 3.86. The maximum Gasteiger partial charge on any atom is 0.242 e. The van der Waals surface area contributed by atoms with Crippen LogP contribution < -0.4 is 9.47 Å². The molecular weight excluding hydrogens is 412 g/mol. The highest BCUT2D eigenvalue weighted by molar-refractivity contribution is 7.05. The average Bonchev–Trinajstić information content (AvgIpc) is 3.40. The number of aromatic nitrogens is 4. The first-order valence-electron chi connectivity index (χ1n) is 10.4. The van der Waals surface area contributed by atoms with Crippen molar-refractivity contribution in [2.75, 3.05) is 20.3 Å². The van der Waals surface area contributed by atoms with Gasteiger partial charge in [0.1, 0.15) is 23.2 Å². The molecule has 0 saturated carbocycles. The van der Waals surface area contributed by atoms with E-state index in [4.69, 9.17) is 24.2 Å². The monoisotopic (exact) mass is 436 g/mol. The number of aryl methyl sites for hydroxylation is 1. The van der Waals surface area contributed by atoms with E-state index < -0.39 is 0 Å². The molecule has 0 radical (unpaired) electrons. The highest BCUT2D eigenvalue weighted by Crippen LogP contribution is 2.32.